The number of nitrogens with zero attached hydrogens (tertiary/aromatic N) is 4. The minimum absolute atomic E-state index is 0.0638. The number of carbonyl (C=O) groups is 2. The summed E-state index contributed by atoms with van der Waals surface area (Å²) in [4.78, 5) is 42.7. The Morgan fingerprint density at radius 2 is 1.92 bits per heavy atom. The molecule has 126 valence electrons. The van der Waals surface area contributed by atoms with Gasteiger partial charge in [-0.15, -0.1) is 0 Å². The third kappa shape index (κ3) is 3.08. The largest absolute Gasteiger partial charge is 0.480 e. The molecule has 1 aliphatic heterocycles. The monoisotopic (exact) mass is 330 g/mol. The lowest BCUT2D eigenvalue weighted by Crippen LogP contribution is -2.48. The molecule has 8 nitrogen and oxygen atoms in total. The zero-order valence-electron chi connectivity index (χ0n) is 13.3. The smallest absolute Gasteiger partial charge is 0.323 e. The lowest BCUT2D eigenvalue weighted by Gasteiger charge is -2.35. The highest BCUT2D eigenvalue weighted by atomic mass is 16.4. The van der Waals surface area contributed by atoms with Crippen LogP contribution in [0.5, 0.6) is 0 Å². The summed E-state index contributed by atoms with van der Waals surface area (Å²) in [6.45, 7) is 3.81. The molecule has 24 heavy (non-hydrogen) atoms. The van der Waals surface area contributed by atoms with Gasteiger partial charge in [0.05, 0.1) is 17.2 Å². The second-order valence-electron chi connectivity index (χ2n) is 5.77. The van der Waals surface area contributed by atoms with Crippen molar-refractivity contribution < 1.29 is 14.7 Å². The van der Waals surface area contributed by atoms with Crippen molar-refractivity contribution in [1.29, 1.82) is 0 Å². The fourth-order valence-electron chi connectivity index (χ4n) is 2.88. The molecule has 2 aromatic rings. The SMILES string of the molecule is CC(=O)N1CCN(c2ccc3ncn(CC(=O)O)c(=O)c3c2)CC1. The zero-order valence-corrected chi connectivity index (χ0v) is 13.3. The number of anilines is 1. The van der Waals surface area contributed by atoms with E-state index >= 15 is 0 Å². The maximum absolute atomic E-state index is 12.4. The van der Waals surface area contributed by atoms with E-state index in [9.17, 15) is 14.4 Å². The summed E-state index contributed by atoms with van der Waals surface area (Å²) in [5, 5.41) is 9.26. The second kappa shape index (κ2) is 6.31. The number of benzene rings is 1. The van der Waals surface area contributed by atoms with Crippen LogP contribution in [0.15, 0.2) is 29.3 Å². The summed E-state index contributed by atoms with van der Waals surface area (Å²) in [6.07, 6.45) is 1.25. The third-order valence-electron chi connectivity index (χ3n) is 4.20. The van der Waals surface area contributed by atoms with E-state index < -0.39 is 12.5 Å². The van der Waals surface area contributed by atoms with Crippen LogP contribution >= 0.6 is 0 Å². The first-order valence-corrected chi connectivity index (χ1v) is 7.67. The van der Waals surface area contributed by atoms with Crippen LogP contribution in [0, 0.1) is 0 Å². The van der Waals surface area contributed by atoms with Crippen LogP contribution in [0.4, 0.5) is 5.69 Å². The van der Waals surface area contributed by atoms with Gasteiger partial charge in [0.25, 0.3) is 5.56 Å². The highest BCUT2D eigenvalue weighted by molar-refractivity contribution is 5.82. The maximum Gasteiger partial charge on any atom is 0.323 e. The van der Waals surface area contributed by atoms with E-state index in [1.54, 1.807) is 24.0 Å². The van der Waals surface area contributed by atoms with Gasteiger partial charge in [0, 0.05) is 38.8 Å². The van der Waals surface area contributed by atoms with E-state index in [1.165, 1.54) is 6.33 Å². The predicted octanol–water partition coefficient (Wildman–Crippen LogP) is 0.150. The molecule has 1 aromatic carbocycles. The molecule has 0 atom stereocenters. The van der Waals surface area contributed by atoms with Gasteiger partial charge < -0.3 is 14.9 Å². The number of amides is 1. The summed E-state index contributed by atoms with van der Waals surface area (Å²) < 4.78 is 1.09. The molecule has 1 fully saturated rings. The molecule has 0 spiro atoms. The number of hydrogen-bond donors (Lipinski definition) is 1. The van der Waals surface area contributed by atoms with Crippen molar-refractivity contribution in [2.45, 2.75) is 13.5 Å². The fraction of sp³-hybridized carbons (Fsp3) is 0.375. The minimum Gasteiger partial charge on any atom is -0.480 e. The number of rotatable bonds is 3. The van der Waals surface area contributed by atoms with Gasteiger partial charge in [-0.05, 0) is 18.2 Å². The number of hydrogen-bond acceptors (Lipinski definition) is 5. The Morgan fingerprint density at radius 1 is 1.21 bits per heavy atom. The Hall–Kier alpha value is -2.90. The number of piperazine rings is 1. The number of carboxylic acid groups (broad SMARTS) is 1. The van der Waals surface area contributed by atoms with E-state index in [4.69, 9.17) is 5.11 Å². The fourth-order valence-corrected chi connectivity index (χ4v) is 2.88. The molecule has 0 bridgehead atoms. The number of aliphatic carboxylic acids is 1. The molecule has 0 radical (unpaired) electrons. The molecule has 0 unspecified atom stereocenters. The highest BCUT2D eigenvalue weighted by Crippen LogP contribution is 2.20. The summed E-state index contributed by atoms with van der Waals surface area (Å²) >= 11 is 0. The van der Waals surface area contributed by atoms with E-state index in [1.807, 2.05) is 6.07 Å². The molecular formula is C16H18N4O4. The quantitative estimate of drug-likeness (QED) is 0.861. The standard InChI is InChI=1S/C16H18N4O4/c1-11(21)18-4-6-19(7-5-18)12-2-3-14-13(8-12)16(24)20(10-17-14)9-15(22)23/h2-3,8,10H,4-7,9H2,1H3,(H,22,23). The van der Waals surface area contributed by atoms with Crippen LogP contribution in [0.3, 0.4) is 0 Å². The molecule has 1 aliphatic rings. The van der Waals surface area contributed by atoms with Crippen molar-refractivity contribution in [2.75, 3.05) is 31.1 Å². The number of fused-ring (bicyclic) bond motifs is 1. The first-order chi connectivity index (χ1) is 11.5. The van der Waals surface area contributed by atoms with Crippen molar-refractivity contribution in [3.63, 3.8) is 0 Å². The normalized spacial score (nSPS) is 14.9. The van der Waals surface area contributed by atoms with Gasteiger partial charge in [-0.2, -0.15) is 0 Å². The second-order valence-corrected chi connectivity index (χ2v) is 5.77. The lowest BCUT2D eigenvalue weighted by atomic mass is 10.2. The molecule has 3 rings (SSSR count). The Bertz CT molecular complexity index is 853. The Morgan fingerprint density at radius 3 is 2.54 bits per heavy atom. The summed E-state index contributed by atoms with van der Waals surface area (Å²) in [5.74, 6) is -1.02. The average Bonchev–Trinajstić information content (AvgIpc) is 2.57. The maximum atomic E-state index is 12.4. The molecule has 8 heteroatoms. The molecule has 1 saturated heterocycles. The molecule has 2 heterocycles. The van der Waals surface area contributed by atoms with Crippen LogP contribution in [-0.2, 0) is 16.1 Å². The highest BCUT2D eigenvalue weighted by Gasteiger charge is 2.19. The van der Waals surface area contributed by atoms with Gasteiger partial charge in [0.1, 0.15) is 6.54 Å². The summed E-state index contributed by atoms with van der Waals surface area (Å²) in [5.41, 5.74) is 1.04. The van der Waals surface area contributed by atoms with Crippen molar-refractivity contribution in [3.8, 4) is 0 Å². The zero-order chi connectivity index (χ0) is 17.3. The van der Waals surface area contributed by atoms with E-state index in [0.717, 1.165) is 10.3 Å². The van der Waals surface area contributed by atoms with Crippen molar-refractivity contribution in [3.05, 3.63) is 34.9 Å². The van der Waals surface area contributed by atoms with Crippen LogP contribution in [-0.4, -0.2) is 57.6 Å². The summed E-state index contributed by atoms with van der Waals surface area (Å²) in [7, 11) is 0. The van der Waals surface area contributed by atoms with Crippen LogP contribution in [0.1, 0.15) is 6.92 Å². The van der Waals surface area contributed by atoms with Gasteiger partial charge in [-0.1, -0.05) is 0 Å². The topological polar surface area (TPSA) is 95.7 Å². The Labute approximate surface area is 137 Å². The predicted molar refractivity (Wildman–Crippen MR) is 88.1 cm³/mol. The van der Waals surface area contributed by atoms with Gasteiger partial charge in [-0.25, -0.2) is 4.98 Å². The van der Waals surface area contributed by atoms with Gasteiger partial charge in [0.15, 0.2) is 0 Å². The van der Waals surface area contributed by atoms with Gasteiger partial charge in [-0.3, -0.25) is 19.0 Å². The molecule has 0 aliphatic carbocycles. The van der Waals surface area contributed by atoms with Crippen LogP contribution < -0.4 is 10.5 Å². The van der Waals surface area contributed by atoms with Crippen molar-refractivity contribution in [1.82, 2.24) is 14.5 Å². The first-order valence-electron chi connectivity index (χ1n) is 7.67. The van der Waals surface area contributed by atoms with Crippen molar-refractivity contribution >= 4 is 28.5 Å². The first kappa shape index (κ1) is 16.0. The number of carboxylic acids is 1. The molecular weight excluding hydrogens is 312 g/mol. The van der Waals surface area contributed by atoms with Gasteiger partial charge in [0.2, 0.25) is 5.91 Å². The molecule has 1 amide bonds. The minimum atomic E-state index is -1.09. The number of aromatic nitrogens is 2. The van der Waals surface area contributed by atoms with Crippen LogP contribution in [0.2, 0.25) is 0 Å². The van der Waals surface area contributed by atoms with E-state index in [2.05, 4.69) is 9.88 Å². The Balaban J connectivity index is 1.90. The number of carbonyl (C=O) groups excluding carboxylic acids is 1. The van der Waals surface area contributed by atoms with E-state index in [-0.39, 0.29) is 11.5 Å². The third-order valence-corrected chi connectivity index (χ3v) is 4.20. The Kier molecular flexibility index (Phi) is 4.20. The molecule has 1 N–H and O–H groups in total. The van der Waals surface area contributed by atoms with Crippen molar-refractivity contribution in [2.24, 2.45) is 0 Å². The molecule has 1 aromatic heterocycles. The molecule has 0 saturated carbocycles. The van der Waals surface area contributed by atoms with E-state index in [0.29, 0.717) is 37.1 Å². The average molecular weight is 330 g/mol. The lowest BCUT2D eigenvalue weighted by molar-refractivity contribution is -0.137. The summed E-state index contributed by atoms with van der Waals surface area (Å²) in [6, 6.07) is 5.39. The van der Waals surface area contributed by atoms with Crippen LogP contribution in [0.25, 0.3) is 10.9 Å². The van der Waals surface area contributed by atoms with Gasteiger partial charge >= 0.3 is 5.97 Å².